The van der Waals surface area contributed by atoms with Crippen molar-refractivity contribution in [3.05, 3.63) is 42.4 Å². The highest BCUT2D eigenvalue weighted by molar-refractivity contribution is 5.86. The smallest absolute Gasteiger partial charge is 0.163 e. The molecular formula is C16H19N5O3. The second-order valence-electron chi connectivity index (χ2n) is 5.22. The van der Waals surface area contributed by atoms with E-state index in [1.54, 1.807) is 30.1 Å². The lowest BCUT2D eigenvalue weighted by molar-refractivity contribution is 0.191. The first kappa shape index (κ1) is 16.2. The summed E-state index contributed by atoms with van der Waals surface area (Å²) in [5.74, 6) is 1.34. The average molecular weight is 329 g/mol. The molecule has 2 aromatic heterocycles. The highest BCUT2D eigenvalue weighted by Crippen LogP contribution is 2.21. The zero-order chi connectivity index (χ0) is 16.9. The van der Waals surface area contributed by atoms with Gasteiger partial charge >= 0.3 is 0 Å². The van der Waals surface area contributed by atoms with E-state index in [9.17, 15) is 5.11 Å². The molecule has 0 aliphatic rings. The molecule has 8 heteroatoms. The topological polar surface area (TPSA) is 105 Å². The molecule has 0 saturated carbocycles. The molecule has 0 amide bonds. The normalized spacial score (nSPS) is 12.3. The van der Waals surface area contributed by atoms with Crippen molar-refractivity contribution < 1.29 is 14.9 Å². The standard InChI is InChI=1S/C16H19N5O3/c1-24-12-4-2-11(3-5-12)14(23)9-17-15-13-8-20-21(6-7-22)16(13)19-10-18-15/h2-5,8,10,14,22-23H,6-7,9H2,1H3,(H,17,18,19). The highest BCUT2D eigenvalue weighted by Gasteiger charge is 2.12. The Kier molecular flexibility index (Phi) is 4.88. The predicted molar refractivity (Wildman–Crippen MR) is 88.9 cm³/mol. The Labute approximate surface area is 138 Å². The molecule has 1 unspecified atom stereocenters. The quantitative estimate of drug-likeness (QED) is 0.593. The summed E-state index contributed by atoms with van der Waals surface area (Å²) in [4.78, 5) is 8.39. The predicted octanol–water partition coefficient (Wildman–Crippen LogP) is 0.973. The van der Waals surface area contributed by atoms with Gasteiger partial charge in [0.25, 0.3) is 0 Å². The molecule has 0 saturated heterocycles. The van der Waals surface area contributed by atoms with E-state index in [0.717, 1.165) is 16.7 Å². The molecule has 1 aromatic carbocycles. The van der Waals surface area contributed by atoms with Crippen LogP contribution in [0.4, 0.5) is 5.82 Å². The maximum atomic E-state index is 10.3. The van der Waals surface area contributed by atoms with Gasteiger partial charge in [-0.25, -0.2) is 14.6 Å². The van der Waals surface area contributed by atoms with Gasteiger partial charge in [-0.05, 0) is 17.7 Å². The lowest BCUT2D eigenvalue weighted by Crippen LogP contribution is -2.13. The Hall–Kier alpha value is -2.71. The van der Waals surface area contributed by atoms with Gasteiger partial charge < -0.3 is 20.3 Å². The Bertz CT molecular complexity index is 803. The van der Waals surface area contributed by atoms with Gasteiger partial charge in [-0.1, -0.05) is 12.1 Å². The van der Waals surface area contributed by atoms with Gasteiger partial charge in [0, 0.05) is 6.54 Å². The number of ether oxygens (including phenoxy) is 1. The van der Waals surface area contributed by atoms with Gasteiger partial charge in [-0.2, -0.15) is 5.10 Å². The van der Waals surface area contributed by atoms with Gasteiger partial charge in [0.2, 0.25) is 0 Å². The van der Waals surface area contributed by atoms with Crippen LogP contribution >= 0.6 is 0 Å². The van der Waals surface area contributed by atoms with Crippen LogP contribution in [0.5, 0.6) is 5.75 Å². The van der Waals surface area contributed by atoms with Crippen molar-refractivity contribution in [2.24, 2.45) is 0 Å². The van der Waals surface area contributed by atoms with Crippen LogP contribution in [0.25, 0.3) is 11.0 Å². The molecule has 2 heterocycles. The lowest BCUT2D eigenvalue weighted by Gasteiger charge is -2.13. The second kappa shape index (κ2) is 7.24. The van der Waals surface area contributed by atoms with Crippen LogP contribution in [0, 0.1) is 0 Å². The van der Waals surface area contributed by atoms with E-state index in [4.69, 9.17) is 9.84 Å². The molecule has 0 radical (unpaired) electrons. The van der Waals surface area contributed by atoms with E-state index < -0.39 is 6.10 Å². The molecule has 3 aromatic rings. The fraction of sp³-hybridized carbons (Fsp3) is 0.312. The summed E-state index contributed by atoms with van der Waals surface area (Å²) in [6, 6.07) is 7.25. The largest absolute Gasteiger partial charge is 0.497 e. The van der Waals surface area contributed by atoms with Crippen LogP contribution in [-0.4, -0.2) is 50.2 Å². The number of methoxy groups -OCH3 is 1. The fourth-order valence-corrected chi connectivity index (χ4v) is 2.43. The highest BCUT2D eigenvalue weighted by atomic mass is 16.5. The first-order chi connectivity index (χ1) is 11.7. The summed E-state index contributed by atoms with van der Waals surface area (Å²) in [6.07, 6.45) is 2.39. The third-order valence-corrected chi connectivity index (χ3v) is 3.71. The van der Waals surface area contributed by atoms with Gasteiger partial charge in [0.05, 0.1) is 37.9 Å². The number of fused-ring (bicyclic) bond motifs is 1. The number of hydrogen-bond donors (Lipinski definition) is 3. The number of nitrogens with zero attached hydrogens (tertiary/aromatic N) is 4. The monoisotopic (exact) mass is 329 g/mol. The molecule has 0 aliphatic heterocycles. The molecule has 126 valence electrons. The lowest BCUT2D eigenvalue weighted by atomic mass is 10.1. The molecule has 3 N–H and O–H groups in total. The van der Waals surface area contributed by atoms with Crippen LogP contribution in [0.15, 0.2) is 36.8 Å². The molecular weight excluding hydrogens is 310 g/mol. The molecule has 0 spiro atoms. The number of aromatic nitrogens is 4. The van der Waals surface area contributed by atoms with Gasteiger partial charge in [0.1, 0.15) is 17.9 Å². The minimum absolute atomic E-state index is 0.0142. The minimum Gasteiger partial charge on any atom is -0.497 e. The molecule has 24 heavy (non-hydrogen) atoms. The molecule has 3 rings (SSSR count). The number of anilines is 1. The second-order valence-corrected chi connectivity index (χ2v) is 5.22. The van der Waals surface area contributed by atoms with E-state index in [0.29, 0.717) is 24.6 Å². The van der Waals surface area contributed by atoms with E-state index in [1.807, 2.05) is 12.1 Å². The molecule has 1 atom stereocenters. The molecule has 0 bridgehead atoms. The van der Waals surface area contributed by atoms with E-state index >= 15 is 0 Å². The summed E-state index contributed by atoms with van der Waals surface area (Å²) in [6.45, 7) is 0.651. The summed E-state index contributed by atoms with van der Waals surface area (Å²) in [5, 5.41) is 27.4. The third kappa shape index (κ3) is 3.29. The summed E-state index contributed by atoms with van der Waals surface area (Å²) in [7, 11) is 1.60. The number of nitrogens with one attached hydrogen (secondary N) is 1. The maximum Gasteiger partial charge on any atom is 0.163 e. The Morgan fingerprint density at radius 1 is 1.25 bits per heavy atom. The Morgan fingerprint density at radius 3 is 2.75 bits per heavy atom. The number of rotatable bonds is 7. The minimum atomic E-state index is -0.687. The van der Waals surface area contributed by atoms with Crippen molar-refractivity contribution in [1.29, 1.82) is 0 Å². The molecule has 8 nitrogen and oxygen atoms in total. The van der Waals surface area contributed by atoms with E-state index in [1.165, 1.54) is 6.33 Å². The molecule has 0 aliphatic carbocycles. The number of benzene rings is 1. The summed E-state index contributed by atoms with van der Waals surface area (Å²) in [5.41, 5.74) is 1.42. The maximum absolute atomic E-state index is 10.3. The average Bonchev–Trinajstić information content (AvgIpc) is 3.04. The zero-order valence-electron chi connectivity index (χ0n) is 13.3. The van der Waals surface area contributed by atoms with E-state index in [-0.39, 0.29) is 6.61 Å². The van der Waals surface area contributed by atoms with Crippen molar-refractivity contribution in [2.75, 3.05) is 25.6 Å². The van der Waals surface area contributed by atoms with Crippen molar-refractivity contribution >= 4 is 16.9 Å². The first-order valence-electron chi connectivity index (χ1n) is 7.56. The first-order valence-corrected chi connectivity index (χ1v) is 7.56. The Morgan fingerprint density at radius 2 is 2.04 bits per heavy atom. The van der Waals surface area contributed by atoms with Gasteiger partial charge in [0.15, 0.2) is 5.65 Å². The van der Waals surface area contributed by atoms with Crippen LogP contribution < -0.4 is 10.1 Å². The van der Waals surface area contributed by atoms with E-state index in [2.05, 4.69) is 20.4 Å². The summed E-state index contributed by atoms with van der Waals surface area (Å²) < 4.78 is 6.72. The van der Waals surface area contributed by atoms with Crippen LogP contribution in [0.3, 0.4) is 0 Å². The van der Waals surface area contributed by atoms with Crippen LogP contribution in [0.2, 0.25) is 0 Å². The Balaban J connectivity index is 1.72. The van der Waals surface area contributed by atoms with Crippen LogP contribution in [-0.2, 0) is 6.54 Å². The van der Waals surface area contributed by atoms with Crippen molar-refractivity contribution in [3.63, 3.8) is 0 Å². The van der Waals surface area contributed by atoms with Crippen LogP contribution in [0.1, 0.15) is 11.7 Å². The number of aliphatic hydroxyl groups is 2. The van der Waals surface area contributed by atoms with Gasteiger partial charge in [-0.15, -0.1) is 0 Å². The van der Waals surface area contributed by atoms with Crippen molar-refractivity contribution in [1.82, 2.24) is 19.7 Å². The molecule has 0 fully saturated rings. The van der Waals surface area contributed by atoms with Gasteiger partial charge in [-0.3, -0.25) is 0 Å². The van der Waals surface area contributed by atoms with Crippen molar-refractivity contribution in [2.45, 2.75) is 12.6 Å². The number of aliphatic hydroxyl groups excluding tert-OH is 2. The zero-order valence-corrected chi connectivity index (χ0v) is 13.3. The fourth-order valence-electron chi connectivity index (χ4n) is 2.43. The summed E-state index contributed by atoms with van der Waals surface area (Å²) >= 11 is 0. The third-order valence-electron chi connectivity index (χ3n) is 3.71. The number of hydrogen-bond acceptors (Lipinski definition) is 7. The SMILES string of the molecule is COc1ccc(C(O)CNc2ncnc3c2cnn3CCO)cc1. The van der Waals surface area contributed by atoms with Crippen molar-refractivity contribution in [3.8, 4) is 5.75 Å².